The van der Waals surface area contributed by atoms with E-state index in [-0.39, 0.29) is 0 Å². The van der Waals surface area contributed by atoms with Crippen molar-refractivity contribution in [2.45, 2.75) is 52.9 Å². The first kappa shape index (κ1) is 9.30. The molecule has 0 saturated heterocycles. The van der Waals surface area contributed by atoms with Crippen LogP contribution in [0.2, 0.25) is 0 Å². The zero-order valence-corrected chi connectivity index (χ0v) is 9.27. The summed E-state index contributed by atoms with van der Waals surface area (Å²) in [4.78, 5) is 0. The van der Waals surface area contributed by atoms with Crippen LogP contribution in [0.5, 0.6) is 0 Å². The van der Waals surface area contributed by atoms with Gasteiger partial charge in [0.05, 0.1) is 0 Å². The Hall–Kier alpha value is -0.260. The third kappa shape index (κ3) is 1.68. The van der Waals surface area contributed by atoms with Crippen LogP contribution < -0.4 is 0 Å². The number of hydrogen-bond acceptors (Lipinski definition) is 0. The summed E-state index contributed by atoms with van der Waals surface area (Å²) in [7, 11) is 0. The van der Waals surface area contributed by atoms with Gasteiger partial charge in [0.1, 0.15) is 0 Å². The predicted molar refractivity (Wildman–Crippen MR) is 57.6 cm³/mol. The Morgan fingerprint density at radius 3 is 2.92 bits per heavy atom. The molecule has 0 nitrogen and oxygen atoms in total. The topological polar surface area (TPSA) is 0 Å². The zero-order valence-electron chi connectivity index (χ0n) is 9.27. The second-order valence-electron chi connectivity index (χ2n) is 5.60. The maximum atomic E-state index is 2.56. The van der Waals surface area contributed by atoms with Gasteiger partial charge in [0, 0.05) is 0 Å². The van der Waals surface area contributed by atoms with Gasteiger partial charge < -0.3 is 0 Å². The third-order valence-corrected chi connectivity index (χ3v) is 3.84. The molecule has 0 amide bonds. The number of hydrogen-bond donors (Lipinski definition) is 0. The summed E-state index contributed by atoms with van der Waals surface area (Å²) >= 11 is 0. The molecule has 1 fully saturated rings. The summed E-state index contributed by atoms with van der Waals surface area (Å²) in [6, 6.07) is 0. The fraction of sp³-hybridized carbons (Fsp3) is 0.846. The predicted octanol–water partition coefficient (Wildman–Crippen LogP) is 4.17. The van der Waals surface area contributed by atoms with Crippen molar-refractivity contribution in [1.82, 2.24) is 0 Å². The Bertz CT molecular complexity index is 226. The molecule has 0 aromatic heterocycles. The van der Waals surface area contributed by atoms with Crippen LogP contribution >= 0.6 is 0 Å². The third-order valence-electron chi connectivity index (χ3n) is 3.84. The summed E-state index contributed by atoms with van der Waals surface area (Å²) in [5.41, 5.74) is 2.46. The average Bonchev–Trinajstić information content (AvgIpc) is 2.22. The van der Waals surface area contributed by atoms with Gasteiger partial charge in [-0.2, -0.15) is 0 Å². The van der Waals surface area contributed by atoms with E-state index in [1.165, 1.54) is 32.1 Å². The van der Waals surface area contributed by atoms with Crippen LogP contribution in [0.4, 0.5) is 0 Å². The van der Waals surface area contributed by atoms with Crippen LogP contribution in [-0.2, 0) is 0 Å². The quantitative estimate of drug-likeness (QED) is 0.557. The molecule has 0 spiro atoms. The molecule has 74 valence electrons. The van der Waals surface area contributed by atoms with Gasteiger partial charge in [-0.1, -0.05) is 38.8 Å². The summed E-state index contributed by atoms with van der Waals surface area (Å²) in [6.07, 6.45) is 9.64. The van der Waals surface area contributed by atoms with Crippen molar-refractivity contribution in [2.24, 2.45) is 17.3 Å². The van der Waals surface area contributed by atoms with Crippen LogP contribution in [-0.4, -0.2) is 0 Å². The second kappa shape index (κ2) is 3.15. The van der Waals surface area contributed by atoms with Crippen LogP contribution in [0.1, 0.15) is 52.9 Å². The summed E-state index contributed by atoms with van der Waals surface area (Å²) < 4.78 is 0. The maximum Gasteiger partial charge on any atom is -0.0198 e. The van der Waals surface area contributed by atoms with Gasteiger partial charge in [-0.15, -0.1) is 0 Å². The van der Waals surface area contributed by atoms with E-state index in [1.807, 2.05) is 0 Å². The van der Waals surface area contributed by atoms with Crippen molar-refractivity contribution in [3.8, 4) is 0 Å². The first-order valence-electron chi connectivity index (χ1n) is 5.83. The van der Waals surface area contributed by atoms with Gasteiger partial charge >= 0.3 is 0 Å². The van der Waals surface area contributed by atoms with Crippen LogP contribution in [0.25, 0.3) is 0 Å². The highest BCUT2D eigenvalue weighted by Gasteiger charge is 2.41. The molecule has 0 aromatic rings. The number of allylic oxidation sites excluding steroid dienone is 2. The van der Waals surface area contributed by atoms with E-state index < -0.39 is 0 Å². The van der Waals surface area contributed by atoms with Crippen LogP contribution in [0.15, 0.2) is 11.6 Å². The van der Waals surface area contributed by atoms with E-state index in [9.17, 15) is 0 Å². The van der Waals surface area contributed by atoms with Gasteiger partial charge in [-0.25, -0.2) is 0 Å². The van der Waals surface area contributed by atoms with Gasteiger partial charge in [0.15, 0.2) is 0 Å². The molecule has 2 aliphatic carbocycles. The Labute approximate surface area is 82.4 Å². The molecular formula is C13H22. The first-order valence-corrected chi connectivity index (χ1v) is 5.83. The van der Waals surface area contributed by atoms with E-state index in [4.69, 9.17) is 0 Å². The van der Waals surface area contributed by atoms with Crippen molar-refractivity contribution in [2.75, 3.05) is 0 Å². The minimum absolute atomic E-state index is 0.670. The summed E-state index contributed by atoms with van der Waals surface area (Å²) in [5.74, 6) is 1.79. The van der Waals surface area contributed by atoms with E-state index in [0.29, 0.717) is 5.41 Å². The lowest BCUT2D eigenvalue weighted by Crippen LogP contribution is -2.17. The summed E-state index contributed by atoms with van der Waals surface area (Å²) in [6.45, 7) is 7.19. The van der Waals surface area contributed by atoms with Gasteiger partial charge in [-0.05, 0) is 42.9 Å². The molecule has 2 bridgehead atoms. The molecule has 0 heterocycles. The van der Waals surface area contributed by atoms with E-state index >= 15 is 0 Å². The standard InChI is InChI=1S/C13H22/c1-4-5-11-8-13(3)7-10(2)6-12(11)9-13/h6,10-11H,4-5,7-9H2,1-3H3/t10?,11?,13-/m0/s1. The van der Waals surface area contributed by atoms with Gasteiger partial charge in [-0.3, -0.25) is 0 Å². The monoisotopic (exact) mass is 178 g/mol. The lowest BCUT2D eigenvalue weighted by Gasteiger charge is -2.28. The molecular weight excluding hydrogens is 156 g/mol. The highest BCUT2D eigenvalue weighted by molar-refractivity contribution is 5.21. The minimum Gasteiger partial charge on any atom is -0.0822 e. The fourth-order valence-electron chi connectivity index (χ4n) is 3.62. The molecule has 1 saturated carbocycles. The molecule has 2 unspecified atom stereocenters. The Balaban J connectivity index is 2.16. The molecule has 2 aliphatic rings. The highest BCUT2D eigenvalue weighted by atomic mass is 14.5. The Morgan fingerprint density at radius 1 is 1.46 bits per heavy atom. The van der Waals surface area contributed by atoms with Crippen molar-refractivity contribution in [1.29, 1.82) is 0 Å². The maximum absolute atomic E-state index is 2.56. The number of fused-ring (bicyclic) bond motifs is 2. The molecule has 0 aliphatic heterocycles. The normalized spacial score (nSPS) is 43.5. The van der Waals surface area contributed by atoms with Crippen LogP contribution in [0, 0.1) is 17.3 Å². The molecule has 0 N–H and O–H groups in total. The SMILES string of the molecule is CCCC1C[C@@]2(C)CC1=CC(C)C2. The smallest absolute Gasteiger partial charge is 0.0198 e. The first-order chi connectivity index (χ1) is 6.13. The lowest BCUT2D eigenvalue weighted by molar-refractivity contribution is 0.260. The van der Waals surface area contributed by atoms with E-state index in [2.05, 4.69) is 26.8 Å². The van der Waals surface area contributed by atoms with Gasteiger partial charge in [0.25, 0.3) is 0 Å². The number of rotatable bonds is 2. The highest BCUT2D eigenvalue weighted by Crippen LogP contribution is 2.53. The average molecular weight is 178 g/mol. The van der Waals surface area contributed by atoms with Gasteiger partial charge in [0.2, 0.25) is 0 Å². The molecule has 0 heteroatoms. The lowest BCUT2D eigenvalue weighted by atomic mass is 9.77. The molecule has 13 heavy (non-hydrogen) atoms. The fourth-order valence-corrected chi connectivity index (χ4v) is 3.62. The Morgan fingerprint density at radius 2 is 2.23 bits per heavy atom. The molecule has 2 rings (SSSR count). The summed E-state index contributed by atoms with van der Waals surface area (Å²) in [5, 5.41) is 0. The van der Waals surface area contributed by atoms with Crippen LogP contribution in [0.3, 0.4) is 0 Å². The molecule has 0 radical (unpaired) electrons. The molecule has 0 aromatic carbocycles. The second-order valence-corrected chi connectivity index (χ2v) is 5.60. The van der Waals surface area contributed by atoms with Crippen molar-refractivity contribution >= 4 is 0 Å². The van der Waals surface area contributed by atoms with Crippen molar-refractivity contribution in [3.63, 3.8) is 0 Å². The minimum atomic E-state index is 0.670. The molecule has 3 atom stereocenters. The van der Waals surface area contributed by atoms with Crippen molar-refractivity contribution in [3.05, 3.63) is 11.6 Å². The zero-order chi connectivity index (χ0) is 9.47. The van der Waals surface area contributed by atoms with Crippen molar-refractivity contribution < 1.29 is 0 Å². The Kier molecular flexibility index (Phi) is 2.25. The largest absolute Gasteiger partial charge is 0.0822 e. The van der Waals surface area contributed by atoms with E-state index in [1.54, 1.807) is 5.57 Å². The van der Waals surface area contributed by atoms with E-state index in [0.717, 1.165) is 11.8 Å².